The molecule has 0 radical (unpaired) electrons. The minimum Gasteiger partial charge on any atom is -0.378 e. The summed E-state index contributed by atoms with van der Waals surface area (Å²) in [6.45, 7) is 2.83. The summed E-state index contributed by atoms with van der Waals surface area (Å²) in [4.78, 5) is 12.3. The Hall–Kier alpha value is -0.750. The molecule has 1 amide bonds. The molecule has 0 bridgehead atoms. The molecule has 2 aliphatic rings. The lowest BCUT2D eigenvalue weighted by molar-refractivity contribution is -0.123. The van der Waals surface area contributed by atoms with Gasteiger partial charge in [-0.05, 0) is 25.5 Å². The number of fused-ring (bicyclic) bond motifs is 1. The van der Waals surface area contributed by atoms with E-state index in [1.165, 1.54) is 0 Å². The fraction of sp³-hybridized carbons (Fsp3) is 0.462. The van der Waals surface area contributed by atoms with Gasteiger partial charge in [0.05, 0.1) is 11.1 Å². The fourth-order valence-corrected chi connectivity index (χ4v) is 3.84. The normalized spacial score (nSPS) is 29.4. The number of anilines is 1. The van der Waals surface area contributed by atoms with Crippen molar-refractivity contribution in [2.45, 2.75) is 35.7 Å². The van der Waals surface area contributed by atoms with Crippen molar-refractivity contribution in [2.24, 2.45) is 0 Å². The van der Waals surface area contributed by atoms with E-state index in [4.69, 9.17) is 16.3 Å². The predicted molar refractivity (Wildman–Crippen MR) is 74.7 cm³/mol. The van der Waals surface area contributed by atoms with E-state index in [0.717, 1.165) is 17.9 Å². The summed E-state index contributed by atoms with van der Waals surface area (Å²) in [6.07, 6.45) is 0.0867. The molecular formula is C13H14ClNO3S. The molecule has 0 aliphatic carbocycles. The van der Waals surface area contributed by atoms with Gasteiger partial charge in [0.15, 0.2) is 6.10 Å². The Morgan fingerprint density at radius 3 is 3.00 bits per heavy atom. The second-order valence-corrected chi connectivity index (χ2v) is 6.47. The van der Waals surface area contributed by atoms with E-state index < -0.39 is 12.0 Å². The van der Waals surface area contributed by atoms with E-state index in [1.54, 1.807) is 17.8 Å². The second kappa shape index (κ2) is 4.98. The number of nitrogens with one attached hydrogen (secondary N) is 1. The Labute approximate surface area is 120 Å². The Balaban J connectivity index is 1.88. The van der Waals surface area contributed by atoms with Gasteiger partial charge in [0.2, 0.25) is 0 Å². The lowest BCUT2D eigenvalue weighted by atomic mass is 10.1. The molecule has 0 spiro atoms. The zero-order chi connectivity index (χ0) is 13.6. The highest BCUT2D eigenvalue weighted by molar-refractivity contribution is 8.00. The van der Waals surface area contributed by atoms with Crippen molar-refractivity contribution >= 4 is 35.0 Å². The average molecular weight is 300 g/mol. The number of aliphatic hydroxyl groups excluding tert-OH is 1. The van der Waals surface area contributed by atoms with Crippen molar-refractivity contribution in [3.05, 3.63) is 22.7 Å². The van der Waals surface area contributed by atoms with Crippen LogP contribution >= 0.6 is 23.4 Å². The molecule has 6 heteroatoms. The van der Waals surface area contributed by atoms with Crippen LogP contribution < -0.4 is 5.32 Å². The number of carbonyl (C=O) groups is 1. The first-order valence-electron chi connectivity index (χ1n) is 6.17. The third-order valence-electron chi connectivity index (χ3n) is 3.49. The van der Waals surface area contributed by atoms with Crippen LogP contribution in [0.1, 0.15) is 25.0 Å². The zero-order valence-electron chi connectivity index (χ0n) is 10.4. The van der Waals surface area contributed by atoms with Crippen LogP contribution in [0, 0.1) is 0 Å². The number of carbonyl (C=O) groups excluding carboxylic acids is 1. The highest BCUT2D eigenvalue weighted by Crippen LogP contribution is 2.42. The van der Waals surface area contributed by atoms with Crippen molar-refractivity contribution < 1.29 is 14.6 Å². The molecule has 1 aromatic rings. The summed E-state index contributed by atoms with van der Waals surface area (Å²) in [7, 11) is 0. The molecule has 4 nitrogen and oxygen atoms in total. The van der Waals surface area contributed by atoms with E-state index in [2.05, 4.69) is 12.2 Å². The zero-order valence-corrected chi connectivity index (χ0v) is 11.9. The van der Waals surface area contributed by atoms with Crippen molar-refractivity contribution in [1.82, 2.24) is 0 Å². The lowest BCUT2D eigenvalue weighted by Crippen LogP contribution is -2.13. The van der Waals surface area contributed by atoms with E-state index >= 15 is 0 Å². The number of thioether (sulfide) groups is 1. The largest absolute Gasteiger partial charge is 0.378 e. The molecule has 2 heterocycles. The van der Waals surface area contributed by atoms with E-state index in [1.807, 2.05) is 6.07 Å². The van der Waals surface area contributed by atoms with Gasteiger partial charge in [-0.25, -0.2) is 0 Å². The summed E-state index contributed by atoms with van der Waals surface area (Å²) in [5.74, 6) is -0.397. The first-order valence-corrected chi connectivity index (χ1v) is 7.42. The topological polar surface area (TPSA) is 58.6 Å². The Morgan fingerprint density at radius 1 is 1.53 bits per heavy atom. The second-order valence-electron chi connectivity index (χ2n) is 4.78. The Kier molecular flexibility index (Phi) is 3.47. The number of hydrogen-bond acceptors (Lipinski definition) is 4. The third kappa shape index (κ3) is 2.36. The van der Waals surface area contributed by atoms with E-state index in [0.29, 0.717) is 21.5 Å². The monoisotopic (exact) mass is 299 g/mol. The molecule has 3 unspecified atom stereocenters. The molecular weight excluding hydrogens is 286 g/mol. The molecule has 2 N–H and O–H groups in total. The maximum absolute atomic E-state index is 11.4. The lowest BCUT2D eigenvalue weighted by Gasteiger charge is -2.15. The summed E-state index contributed by atoms with van der Waals surface area (Å²) in [5.41, 5.74) is 1.20. The highest BCUT2D eigenvalue weighted by atomic mass is 35.5. The molecule has 1 saturated heterocycles. The molecule has 1 aromatic carbocycles. The quantitative estimate of drug-likeness (QED) is 0.881. The number of ether oxygens (including phenoxy) is 1. The van der Waals surface area contributed by atoms with Crippen LogP contribution in [-0.2, 0) is 9.53 Å². The maximum Gasteiger partial charge on any atom is 0.257 e. The summed E-state index contributed by atoms with van der Waals surface area (Å²) in [6, 6.07) is 3.50. The number of rotatable bonds is 2. The average Bonchev–Trinajstić information content (AvgIpc) is 2.88. The third-order valence-corrected chi connectivity index (χ3v) is 5.43. The van der Waals surface area contributed by atoms with E-state index in [9.17, 15) is 9.90 Å². The van der Waals surface area contributed by atoms with Gasteiger partial charge in [-0.1, -0.05) is 11.6 Å². The predicted octanol–water partition coefficient (Wildman–Crippen LogP) is 2.60. The first-order chi connectivity index (χ1) is 9.06. The van der Waals surface area contributed by atoms with Crippen molar-refractivity contribution in [3.8, 4) is 0 Å². The van der Waals surface area contributed by atoms with Crippen LogP contribution in [-0.4, -0.2) is 29.0 Å². The van der Waals surface area contributed by atoms with Crippen molar-refractivity contribution in [3.63, 3.8) is 0 Å². The molecule has 102 valence electrons. The van der Waals surface area contributed by atoms with Gasteiger partial charge in [-0.3, -0.25) is 4.79 Å². The first kappa shape index (κ1) is 13.2. The van der Waals surface area contributed by atoms with Crippen LogP contribution in [0.2, 0.25) is 5.02 Å². The van der Waals surface area contributed by atoms with Gasteiger partial charge in [0.1, 0.15) is 0 Å². The molecule has 1 fully saturated rings. The fourth-order valence-electron chi connectivity index (χ4n) is 2.37. The molecule has 3 rings (SSSR count). The van der Waals surface area contributed by atoms with Gasteiger partial charge in [0, 0.05) is 28.0 Å². The summed E-state index contributed by atoms with van der Waals surface area (Å²) < 4.78 is 5.53. The van der Waals surface area contributed by atoms with Crippen molar-refractivity contribution in [2.75, 3.05) is 11.9 Å². The summed E-state index contributed by atoms with van der Waals surface area (Å²) >= 11 is 7.90. The van der Waals surface area contributed by atoms with Gasteiger partial charge in [-0.2, -0.15) is 0 Å². The van der Waals surface area contributed by atoms with Gasteiger partial charge in [0.25, 0.3) is 5.91 Å². The number of amides is 1. The van der Waals surface area contributed by atoms with Crippen LogP contribution in [0.5, 0.6) is 0 Å². The van der Waals surface area contributed by atoms with Crippen LogP contribution in [0.25, 0.3) is 0 Å². The smallest absolute Gasteiger partial charge is 0.257 e. The minimum atomic E-state index is -1.11. The summed E-state index contributed by atoms with van der Waals surface area (Å²) in [5, 5.41) is 13.3. The SMILES string of the molecule is CC1OCCC1Sc1cc2c(cc1Cl)C(O)C(=O)N2. The highest BCUT2D eigenvalue weighted by Gasteiger charge is 2.31. The van der Waals surface area contributed by atoms with Crippen molar-refractivity contribution in [1.29, 1.82) is 0 Å². The Bertz CT molecular complexity index is 537. The molecule has 0 aromatic heterocycles. The number of aliphatic hydroxyl groups is 1. The van der Waals surface area contributed by atoms with Crippen LogP contribution in [0.15, 0.2) is 17.0 Å². The number of hydrogen-bond donors (Lipinski definition) is 2. The Morgan fingerprint density at radius 2 is 2.32 bits per heavy atom. The van der Waals surface area contributed by atoms with E-state index in [-0.39, 0.29) is 6.10 Å². The number of halogens is 1. The maximum atomic E-state index is 11.4. The minimum absolute atomic E-state index is 0.203. The molecule has 3 atom stereocenters. The molecule has 19 heavy (non-hydrogen) atoms. The standard InChI is InChI=1S/C13H14ClNO3S/c1-6-10(2-3-18-6)19-11-5-9-7(4-8(11)14)12(16)13(17)15-9/h4-6,10,12,16H,2-3H2,1H3,(H,15,17). The van der Waals surface area contributed by atoms with Crippen LogP contribution in [0.3, 0.4) is 0 Å². The van der Waals surface area contributed by atoms with Gasteiger partial charge in [-0.15, -0.1) is 11.8 Å². The number of benzene rings is 1. The van der Waals surface area contributed by atoms with Crippen LogP contribution in [0.4, 0.5) is 5.69 Å². The molecule has 2 aliphatic heterocycles. The molecule has 0 saturated carbocycles. The van der Waals surface area contributed by atoms with Gasteiger partial charge < -0.3 is 15.2 Å². The van der Waals surface area contributed by atoms with Gasteiger partial charge >= 0.3 is 0 Å².